The number of halogens is 1. The monoisotopic (exact) mass is 279 g/mol. The Morgan fingerprint density at radius 2 is 2.22 bits per heavy atom. The molecule has 0 aliphatic carbocycles. The Kier molecular flexibility index (Phi) is 7.95. The first-order chi connectivity index (χ1) is 8.04. The number of carbonyl (C=O) groups excluding carboxylic acids is 1. The molecule has 0 aliphatic rings. The standard InChI is InChI=1S/C10H10FN3O3.K.H/c1-2-3-4-5-8(15)17-14-6-7(11)9(12)13-10(14)16;;/h2-6H,1H3,(H2,12,13,16);;/b3-2+,5-4+;;. The molecular formula is C10H11FKN3O3. The number of allylic oxidation sites excluding steroid dienone is 3. The molecule has 0 aliphatic heterocycles. The Morgan fingerprint density at radius 1 is 1.56 bits per heavy atom. The number of hydrogen-bond acceptors (Lipinski definition) is 5. The second-order valence-corrected chi connectivity index (χ2v) is 2.88. The van der Waals surface area contributed by atoms with E-state index in [2.05, 4.69) is 9.82 Å². The van der Waals surface area contributed by atoms with Crippen LogP contribution in [0, 0.1) is 5.82 Å². The van der Waals surface area contributed by atoms with Gasteiger partial charge in [-0.05, 0) is 6.92 Å². The minimum atomic E-state index is -0.975. The normalized spacial score (nSPS) is 10.6. The summed E-state index contributed by atoms with van der Waals surface area (Å²) in [7, 11) is 0. The van der Waals surface area contributed by atoms with Crippen molar-refractivity contribution >= 4 is 63.2 Å². The Morgan fingerprint density at radius 3 is 2.83 bits per heavy atom. The summed E-state index contributed by atoms with van der Waals surface area (Å²) in [5.41, 5.74) is 4.08. The zero-order valence-electron chi connectivity index (χ0n) is 8.96. The topological polar surface area (TPSA) is 87.2 Å². The van der Waals surface area contributed by atoms with Crippen LogP contribution in [0.4, 0.5) is 10.2 Å². The van der Waals surface area contributed by atoms with Crippen molar-refractivity contribution < 1.29 is 14.0 Å². The van der Waals surface area contributed by atoms with Crippen molar-refractivity contribution in [2.75, 3.05) is 5.73 Å². The number of anilines is 1. The number of nitrogen functional groups attached to an aromatic ring is 1. The molecule has 0 saturated heterocycles. The SMILES string of the molecule is C/C=C/C=C/C(=O)On1cc(F)c(N)nc1=O.[KH]. The third-order valence-electron chi connectivity index (χ3n) is 1.60. The van der Waals surface area contributed by atoms with E-state index in [0.29, 0.717) is 10.9 Å². The molecule has 0 unspecified atom stereocenters. The first-order valence-corrected chi connectivity index (χ1v) is 4.61. The van der Waals surface area contributed by atoms with Gasteiger partial charge in [0.1, 0.15) is 0 Å². The first kappa shape index (κ1) is 17.2. The molecule has 1 aromatic rings. The molecule has 6 nitrogen and oxygen atoms in total. The van der Waals surface area contributed by atoms with E-state index in [1.807, 2.05) is 0 Å². The van der Waals surface area contributed by atoms with Gasteiger partial charge in [0.05, 0.1) is 6.20 Å². The summed E-state index contributed by atoms with van der Waals surface area (Å²) >= 11 is 0. The summed E-state index contributed by atoms with van der Waals surface area (Å²) in [5.74, 6) is -2.34. The van der Waals surface area contributed by atoms with Crippen molar-refractivity contribution in [3.8, 4) is 0 Å². The van der Waals surface area contributed by atoms with Crippen molar-refractivity contribution in [2.24, 2.45) is 0 Å². The molecule has 0 radical (unpaired) electrons. The third kappa shape index (κ3) is 5.23. The molecule has 0 fully saturated rings. The number of nitrogens with two attached hydrogens (primary N) is 1. The van der Waals surface area contributed by atoms with Crippen molar-refractivity contribution in [1.82, 2.24) is 9.71 Å². The van der Waals surface area contributed by atoms with Gasteiger partial charge in [-0.15, -0.1) is 4.73 Å². The summed E-state index contributed by atoms with van der Waals surface area (Å²) in [4.78, 5) is 29.9. The maximum atomic E-state index is 12.9. The minimum absolute atomic E-state index is 0. The Labute approximate surface area is 145 Å². The molecule has 0 bridgehead atoms. The number of rotatable bonds is 3. The van der Waals surface area contributed by atoms with Gasteiger partial charge < -0.3 is 10.6 Å². The van der Waals surface area contributed by atoms with Crippen LogP contribution in [0.5, 0.6) is 0 Å². The fraction of sp³-hybridized carbons (Fsp3) is 0.100. The van der Waals surface area contributed by atoms with Gasteiger partial charge in [0.2, 0.25) is 0 Å². The number of nitrogens with zero attached hydrogens (tertiary/aromatic N) is 2. The summed E-state index contributed by atoms with van der Waals surface area (Å²) in [6, 6.07) is 0. The van der Waals surface area contributed by atoms with Crippen LogP contribution in [0.2, 0.25) is 0 Å². The van der Waals surface area contributed by atoms with Gasteiger partial charge in [0, 0.05) is 6.08 Å². The van der Waals surface area contributed by atoms with Crippen molar-refractivity contribution in [3.05, 3.63) is 46.8 Å². The van der Waals surface area contributed by atoms with Crippen LogP contribution in [0.3, 0.4) is 0 Å². The molecular weight excluding hydrogens is 268 g/mol. The molecule has 18 heavy (non-hydrogen) atoms. The Bertz CT molecular complexity index is 540. The van der Waals surface area contributed by atoms with Crippen molar-refractivity contribution in [3.63, 3.8) is 0 Å². The van der Waals surface area contributed by atoms with Crippen molar-refractivity contribution in [1.29, 1.82) is 0 Å². The van der Waals surface area contributed by atoms with Crippen LogP contribution in [0.15, 0.2) is 35.3 Å². The molecule has 1 heterocycles. The average Bonchev–Trinajstić information content (AvgIpc) is 2.26. The molecule has 0 atom stereocenters. The van der Waals surface area contributed by atoms with Gasteiger partial charge >= 0.3 is 63.0 Å². The van der Waals surface area contributed by atoms with Gasteiger partial charge in [-0.2, -0.15) is 4.98 Å². The van der Waals surface area contributed by atoms with E-state index in [4.69, 9.17) is 5.73 Å². The van der Waals surface area contributed by atoms with Gasteiger partial charge in [0.15, 0.2) is 11.6 Å². The van der Waals surface area contributed by atoms with E-state index in [9.17, 15) is 14.0 Å². The number of hydrogen-bond donors (Lipinski definition) is 1. The third-order valence-corrected chi connectivity index (χ3v) is 1.60. The molecule has 0 saturated carbocycles. The number of carbonyl (C=O) groups is 1. The predicted octanol–water partition coefficient (Wildman–Crippen LogP) is -0.596. The Hall–Kier alpha value is -0.804. The van der Waals surface area contributed by atoms with Crippen LogP contribution in [-0.2, 0) is 4.79 Å². The van der Waals surface area contributed by atoms with E-state index in [1.165, 1.54) is 6.08 Å². The molecule has 92 valence electrons. The van der Waals surface area contributed by atoms with Gasteiger partial charge in [-0.25, -0.2) is 14.0 Å². The van der Waals surface area contributed by atoms with Crippen LogP contribution in [-0.4, -0.2) is 67.1 Å². The average molecular weight is 279 g/mol. The maximum absolute atomic E-state index is 12.9. The van der Waals surface area contributed by atoms with Crippen LogP contribution >= 0.6 is 0 Å². The van der Waals surface area contributed by atoms with E-state index in [1.54, 1.807) is 19.1 Å². The number of aromatic nitrogens is 2. The van der Waals surface area contributed by atoms with E-state index in [-0.39, 0.29) is 51.4 Å². The summed E-state index contributed by atoms with van der Waals surface area (Å²) in [6.07, 6.45) is 6.41. The van der Waals surface area contributed by atoms with E-state index >= 15 is 0 Å². The summed E-state index contributed by atoms with van der Waals surface area (Å²) < 4.78 is 13.3. The van der Waals surface area contributed by atoms with Gasteiger partial charge in [0.25, 0.3) is 0 Å². The van der Waals surface area contributed by atoms with Crippen LogP contribution < -0.4 is 16.3 Å². The van der Waals surface area contributed by atoms with Crippen LogP contribution in [0.25, 0.3) is 0 Å². The molecule has 1 aromatic heterocycles. The van der Waals surface area contributed by atoms with Crippen LogP contribution in [0.1, 0.15) is 6.92 Å². The predicted molar refractivity (Wildman–Crippen MR) is 65.6 cm³/mol. The van der Waals surface area contributed by atoms with E-state index < -0.39 is 23.3 Å². The summed E-state index contributed by atoms with van der Waals surface area (Å²) in [5, 5.41) is 0. The first-order valence-electron chi connectivity index (χ1n) is 4.61. The van der Waals surface area contributed by atoms with Crippen molar-refractivity contribution in [2.45, 2.75) is 6.92 Å². The molecule has 0 amide bonds. The molecule has 1 rings (SSSR count). The van der Waals surface area contributed by atoms with E-state index in [0.717, 1.165) is 6.08 Å². The molecule has 0 aromatic carbocycles. The zero-order valence-corrected chi connectivity index (χ0v) is 8.96. The van der Waals surface area contributed by atoms with Gasteiger partial charge in [-0.3, -0.25) is 0 Å². The van der Waals surface area contributed by atoms with Gasteiger partial charge in [-0.1, -0.05) is 18.2 Å². The second kappa shape index (κ2) is 8.32. The zero-order chi connectivity index (χ0) is 12.8. The quantitative estimate of drug-likeness (QED) is 0.454. The molecule has 0 spiro atoms. The fourth-order valence-corrected chi connectivity index (χ4v) is 0.868. The summed E-state index contributed by atoms with van der Waals surface area (Å²) in [6.45, 7) is 1.76. The molecule has 2 N–H and O–H groups in total. The second-order valence-electron chi connectivity index (χ2n) is 2.88. The Balaban J connectivity index is 0.00000289. The fourth-order valence-electron chi connectivity index (χ4n) is 0.868. The molecule has 8 heteroatoms.